The quantitative estimate of drug-likeness (QED) is 0.903. The Balaban J connectivity index is 2.37. The van der Waals surface area contributed by atoms with Gasteiger partial charge in [-0.2, -0.15) is 0 Å². The van der Waals surface area contributed by atoms with Crippen LogP contribution in [0, 0.1) is 11.8 Å². The van der Waals surface area contributed by atoms with Crippen molar-refractivity contribution in [3.05, 3.63) is 24.3 Å². The van der Waals surface area contributed by atoms with Crippen molar-refractivity contribution < 1.29 is 18.3 Å². The summed E-state index contributed by atoms with van der Waals surface area (Å²) in [6.07, 6.45) is 1.17. The van der Waals surface area contributed by atoms with Gasteiger partial charge in [-0.25, -0.2) is 8.42 Å². The van der Waals surface area contributed by atoms with Crippen LogP contribution < -0.4 is 4.90 Å². The highest BCUT2D eigenvalue weighted by Crippen LogP contribution is 2.32. The van der Waals surface area contributed by atoms with Crippen LogP contribution in [0.4, 0.5) is 5.69 Å². The summed E-state index contributed by atoms with van der Waals surface area (Å²) >= 11 is 0. The van der Waals surface area contributed by atoms with Gasteiger partial charge in [-0.1, -0.05) is 19.1 Å². The molecule has 0 saturated carbocycles. The number of aliphatic carboxylic acids is 1. The summed E-state index contributed by atoms with van der Waals surface area (Å²) in [7, 11) is -3.32. The standard InChI is InChI=1S/C13H17NO4S/c1-9-7-14(8-10(9)13(15)16)11-5-3-4-6-12(11)19(2,17)18/h3-6,9-10H,7-8H2,1-2H3,(H,15,16)/t9-,10-/m1/s1. The van der Waals surface area contributed by atoms with Crippen LogP contribution >= 0.6 is 0 Å². The van der Waals surface area contributed by atoms with Crippen LogP contribution in [-0.2, 0) is 14.6 Å². The van der Waals surface area contributed by atoms with Crippen LogP contribution in [0.1, 0.15) is 6.92 Å². The predicted octanol–water partition coefficient (Wildman–Crippen LogP) is 1.25. The second-order valence-corrected chi connectivity index (χ2v) is 7.05. The van der Waals surface area contributed by atoms with Crippen molar-refractivity contribution in [2.75, 3.05) is 24.2 Å². The molecule has 0 amide bonds. The maximum Gasteiger partial charge on any atom is 0.308 e. The van der Waals surface area contributed by atoms with Crippen LogP contribution in [0.15, 0.2) is 29.2 Å². The summed E-state index contributed by atoms with van der Waals surface area (Å²) in [5.41, 5.74) is 0.598. The first-order valence-electron chi connectivity index (χ1n) is 6.07. The number of carbonyl (C=O) groups is 1. The lowest BCUT2D eigenvalue weighted by Gasteiger charge is -2.21. The Morgan fingerprint density at radius 2 is 1.95 bits per heavy atom. The number of nitrogens with zero attached hydrogens (tertiary/aromatic N) is 1. The summed E-state index contributed by atoms with van der Waals surface area (Å²) < 4.78 is 23.5. The molecule has 1 saturated heterocycles. The van der Waals surface area contributed by atoms with Gasteiger partial charge in [-0.3, -0.25) is 4.79 Å². The zero-order valence-electron chi connectivity index (χ0n) is 10.9. The maximum atomic E-state index is 11.8. The first kappa shape index (κ1) is 13.9. The molecule has 2 rings (SSSR count). The number of rotatable bonds is 3. The molecular weight excluding hydrogens is 266 g/mol. The SMILES string of the molecule is C[C@@H]1CN(c2ccccc2S(C)(=O)=O)C[C@H]1C(=O)O. The first-order valence-corrected chi connectivity index (χ1v) is 7.96. The fourth-order valence-corrected chi connectivity index (χ4v) is 3.42. The lowest BCUT2D eigenvalue weighted by Crippen LogP contribution is -2.24. The zero-order chi connectivity index (χ0) is 14.2. The van der Waals surface area contributed by atoms with E-state index < -0.39 is 21.7 Å². The lowest BCUT2D eigenvalue weighted by atomic mass is 9.99. The number of benzene rings is 1. The minimum atomic E-state index is -3.32. The monoisotopic (exact) mass is 283 g/mol. The van der Waals surface area contributed by atoms with Gasteiger partial charge in [0.25, 0.3) is 0 Å². The Hall–Kier alpha value is -1.56. The lowest BCUT2D eigenvalue weighted by molar-refractivity contribution is -0.142. The first-order chi connectivity index (χ1) is 8.80. The minimum absolute atomic E-state index is 0.00474. The highest BCUT2D eigenvalue weighted by molar-refractivity contribution is 7.90. The van der Waals surface area contributed by atoms with Gasteiger partial charge in [-0.05, 0) is 18.1 Å². The number of sulfone groups is 1. The number of anilines is 1. The molecule has 1 aromatic rings. The Labute approximate surface area is 112 Å². The van der Waals surface area contributed by atoms with Gasteiger partial charge in [0.1, 0.15) is 0 Å². The Morgan fingerprint density at radius 3 is 2.47 bits per heavy atom. The third kappa shape index (κ3) is 2.73. The van der Waals surface area contributed by atoms with Gasteiger partial charge in [-0.15, -0.1) is 0 Å². The fourth-order valence-electron chi connectivity index (χ4n) is 2.52. The van der Waals surface area contributed by atoms with Crippen LogP contribution in [0.2, 0.25) is 0 Å². The predicted molar refractivity (Wildman–Crippen MR) is 72.1 cm³/mol. The molecule has 0 aliphatic carbocycles. The smallest absolute Gasteiger partial charge is 0.308 e. The second kappa shape index (κ2) is 4.85. The topological polar surface area (TPSA) is 74.7 Å². The van der Waals surface area contributed by atoms with Crippen molar-refractivity contribution in [1.29, 1.82) is 0 Å². The van der Waals surface area contributed by atoms with Crippen molar-refractivity contribution in [3.8, 4) is 0 Å². The van der Waals surface area contributed by atoms with E-state index in [1.807, 2.05) is 11.8 Å². The van der Waals surface area contributed by atoms with Crippen LogP contribution in [0.3, 0.4) is 0 Å². The summed E-state index contributed by atoms with van der Waals surface area (Å²) in [5.74, 6) is -1.27. The van der Waals surface area contributed by atoms with E-state index in [1.165, 1.54) is 6.26 Å². The van der Waals surface area contributed by atoms with Crippen molar-refractivity contribution >= 4 is 21.5 Å². The van der Waals surface area contributed by atoms with Gasteiger partial charge in [0.15, 0.2) is 9.84 Å². The molecule has 1 aromatic carbocycles. The molecule has 2 atom stereocenters. The number of hydrogen-bond acceptors (Lipinski definition) is 4. The van der Waals surface area contributed by atoms with E-state index in [4.69, 9.17) is 5.11 Å². The highest BCUT2D eigenvalue weighted by atomic mass is 32.2. The number of hydrogen-bond donors (Lipinski definition) is 1. The summed E-state index contributed by atoms with van der Waals surface area (Å²) in [6.45, 7) is 2.79. The average Bonchev–Trinajstić information content (AvgIpc) is 2.70. The van der Waals surface area contributed by atoms with Crippen molar-refractivity contribution in [2.24, 2.45) is 11.8 Å². The average molecular weight is 283 g/mol. The number of carboxylic acid groups (broad SMARTS) is 1. The van der Waals surface area contributed by atoms with Crippen LogP contribution in [-0.4, -0.2) is 38.8 Å². The Morgan fingerprint density at radius 1 is 1.32 bits per heavy atom. The summed E-state index contributed by atoms with van der Waals surface area (Å²) in [5, 5.41) is 9.13. The van der Waals surface area contributed by atoms with Crippen molar-refractivity contribution in [1.82, 2.24) is 0 Å². The molecule has 104 valence electrons. The Bertz CT molecular complexity index is 596. The van der Waals surface area contributed by atoms with Gasteiger partial charge >= 0.3 is 5.97 Å². The largest absolute Gasteiger partial charge is 0.481 e. The van der Waals surface area contributed by atoms with Gasteiger partial charge in [0.05, 0.1) is 16.5 Å². The molecule has 0 aromatic heterocycles. The second-order valence-electron chi connectivity index (χ2n) is 5.07. The van der Waals surface area contributed by atoms with E-state index in [9.17, 15) is 13.2 Å². The maximum absolute atomic E-state index is 11.8. The van der Waals surface area contributed by atoms with Crippen molar-refractivity contribution in [3.63, 3.8) is 0 Å². The molecule has 0 unspecified atom stereocenters. The molecule has 6 heteroatoms. The van der Waals surface area contributed by atoms with Crippen LogP contribution in [0.25, 0.3) is 0 Å². The number of carboxylic acids is 1. The fraction of sp³-hybridized carbons (Fsp3) is 0.462. The number of para-hydroxylation sites is 1. The molecule has 1 N–H and O–H groups in total. The van der Waals surface area contributed by atoms with Gasteiger partial charge in [0.2, 0.25) is 0 Å². The van der Waals surface area contributed by atoms with Crippen molar-refractivity contribution in [2.45, 2.75) is 11.8 Å². The third-order valence-electron chi connectivity index (χ3n) is 3.53. The molecule has 1 aliphatic rings. The molecule has 0 bridgehead atoms. The molecule has 0 radical (unpaired) electrons. The van der Waals surface area contributed by atoms with Gasteiger partial charge in [0, 0.05) is 19.3 Å². The van der Waals surface area contributed by atoms with E-state index in [2.05, 4.69) is 0 Å². The van der Waals surface area contributed by atoms with E-state index in [1.54, 1.807) is 24.3 Å². The normalized spacial score (nSPS) is 23.6. The van der Waals surface area contributed by atoms with E-state index in [-0.39, 0.29) is 10.8 Å². The van der Waals surface area contributed by atoms with E-state index in [0.717, 1.165) is 0 Å². The molecule has 0 spiro atoms. The molecular formula is C13H17NO4S. The third-order valence-corrected chi connectivity index (χ3v) is 4.68. The highest BCUT2D eigenvalue weighted by Gasteiger charge is 2.36. The van der Waals surface area contributed by atoms with Gasteiger partial charge < -0.3 is 10.0 Å². The molecule has 1 heterocycles. The minimum Gasteiger partial charge on any atom is -0.481 e. The summed E-state index contributed by atoms with van der Waals surface area (Å²) in [6, 6.07) is 6.73. The van der Waals surface area contributed by atoms with E-state index in [0.29, 0.717) is 18.8 Å². The molecule has 19 heavy (non-hydrogen) atoms. The molecule has 5 nitrogen and oxygen atoms in total. The molecule has 1 aliphatic heterocycles. The summed E-state index contributed by atoms with van der Waals surface area (Å²) in [4.78, 5) is 13.2. The molecule has 1 fully saturated rings. The Kier molecular flexibility index (Phi) is 3.54. The zero-order valence-corrected chi connectivity index (χ0v) is 11.7. The van der Waals surface area contributed by atoms with E-state index >= 15 is 0 Å². The van der Waals surface area contributed by atoms with Crippen LogP contribution in [0.5, 0.6) is 0 Å².